The highest BCUT2D eigenvalue weighted by molar-refractivity contribution is 6.01. The van der Waals surface area contributed by atoms with E-state index in [0.29, 0.717) is 6.42 Å². The molecule has 2 aliphatic carbocycles. The van der Waals surface area contributed by atoms with Gasteiger partial charge in [-0.1, -0.05) is 56.2 Å². The third-order valence-corrected chi connectivity index (χ3v) is 5.84. The maximum absolute atomic E-state index is 13.3. The fraction of sp³-hybridized carbons (Fsp3) is 0.455. The van der Waals surface area contributed by atoms with Crippen molar-refractivity contribution in [3.8, 4) is 0 Å². The van der Waals surface area contributed by atoms with Crippen LogP contribution in [0.4, 0.5) is 0 Å². The van der Waals surface area contributed by atoms with Crippen molar-refractivity contribution in [1.29, 1.82) is 0 Å². The molecule has 0 amide bonds. The molecule has 3 heteroatoms. The fourth-order valence-electron chi connectivity index (χ4n) is 4.92. The van der Waals surface area contributed by atoms with Crippen molar-refractivity contribution >= 4 is 5.78 Å². The smallest absolute Gasteiger partial charge is 0.181 e. The first kappa shape index (κ1) is 16.3. The summed E-state index contributed by atoms with van der Waals surface area (Å²) in [4.78, 5) is 17.8. The number of ketones is 1. The Morgan fingerprint density at radius 1 is 1.24 bits per heavy atom. The minimum atomic E-state index is -0.501. The highest BCUT2D eigenvalue weighted by Crippen LogP contribution is 2.53. The molecule has 1 atom stereocenters. The van der Waals surface area contributed by atoms with Gasteiger partial charge in [-0.05, 0) is 30.7 Å². The molecule has 0 bridgehead atoms. The summed E-state index contributed by atoms with van der Waals surface area (Å²) in [6.07, 6.45) is 4.63. The molecule has 0 spiro atoms. The van der Waals surface area contributed by atoms with Crippen molar-refractivity contribution < 1.29 is 9.21 Å². The van der Waals surface area contributed by atoms with Gasteiger partial charge in [-0.2, -0.15) is 0 Å². The van der Waals surface area contributed by atoms with E-state index < -0.39 is 5.41 Å². The highest BCUT2D eigenvalue weighted by atomic mass is 16.3. The fourth-order valence-corrected chi connectivity index (χ4v) is 4.92. The van der Waals surface area contributed by atoms with Crippen LogP contribution in [0.25, 0.3) is 0 Å². The van der Waals surface area contributed by atoms with Crippen molar-refractivity contribution in [3.05, 3.63) is 64.4 Å². The van der Waals surface area contributed by atoms with Gasteiger partial charge in [-0.3, -0.25) is 4.79 Å². The van der Waals surface area contributed by atoms with Crippen molar-refractivity contribution in [3.63, 3.8) is 0 Å². The molecule has 0 aliphatic heterocycles. The molecule has 130 valence electrons. The molecule has 0 saturated carbocycles. The summed E-state index contributed by atoms with van der Waals surface area (Å²) < 4.78 is 5.91. The minimum absolute atomic E-state index is 0.0171. The highest BCUT2D eigenvalue weighted by Gasteiger charge is 2.51. The summed E-state index contributed by atoms with van der Waals surface area (Å²) >= 11 is 0. The van der Waals surface area contributed by atoms with Gasteiger partial charge >= 0.3 is 0 Å². The largest absolute Gasteiger partial charge is 0.447 e. The number of oxazole rings is 1. The second kappa shape index (κ2) is 5.42. The van der Waals surface area contributed by atoms with E-state index in [4.69, 9.17) is 4.42 Å². The first-order chi connectivity index (χ1) is 11.9. The number of rotatable bonds is 2. The second-order valence-electron chi connectivity index (χ2n) is 8.35. The normalized spacial score (nSPS) is 24.9. The molecular formula is C22H25NO2. The Balaban J connectivity index is 2.04. The van der Waals surface area contributed by atoms with Gasteiger partial charge in [0.1, 0.15) is 5.76 Å². The van der Waals surface area contributed by atoms with Crippen LogP contribution >= 0.6 is 0 Å². The quantitative estimate of drug-likeness (QED) is 0.782. The summed E-state index contributed by atoms with van der Waals surface area (Å²) in [5.41, 5.74) is 5.08. The van der Waals surface area contributed by atoms with Crippen LogP contribution in [0.3, 0.4) is 0 Å². The summed E-state index contributed by atoms with van der Waals surface area (Å²) in [7, 11) is 0. The van der Waals surface area contributed by atoms with Gasteiger partial charge in [0.25, 0.3) is 0 Å². The number of hydrogen-bond donors (Lipinski definition) is 0. The average Bonchev–Trinajstić information content (AvgIpc) is 3.00. The summed E-state index contributed by atoms with van der Waals surface area (Å²) in [6.45, 7) is 8.62. The number of benzene rings is 1. The Bertz CT molecular complexity index is 887. The molecule has 1 unspecified atom stereocenters. The van der Waals surface area contributed by atoms with Crippen molar-refractivity contribution in [2.24, 2.45) is 5.41 Å². The predicted octanol–water partition coefficient (Wildman–Crippen LogP) is 4.92. The number of hydrogen-bond acceptors (Lipinski definition) is 3. The molecule has 4 rings (SSSR count). The van der Waals surface area contributed by atoms with Crippen LogP contribution in [0.2, 0.25) is 0 Å². The molecular weight excluding hydrogens is 310 g/mol. The third kappa shape index (κ3) is 2.32. The molecule has 2 aromatic rings. The lowest BCUT2D eigenvalue weighted by Crippen LogP contribution is -2.42. The number of fused-ring (bicyclic) bond motifs is 1. The molecule has 0 saturated heterocycles. The van der Waals surface area contributed by atoms with Crippen molar-refractivity contribution in [2.75, 3.05) is 0 Å². The van der Waals surface area contributed by atoms with Crippen LogP contribution in [-0.4, -0.2) is 10.8 Å². The maximum Gasteiger partial charge on any atom is 0.181 e. The molecule has 1 heterocycles. The van der Waals surface area contributed by atoms with Crippen LogP contribution in [0.1, 0.15) is 62.6 Å². The number of nitrogens with zero attached hydrogens (tertiary/aromatic N) is 1. The first-order valence-corrected chi connectivity index (χ1v) is 9.13. The Morgan fingerprint density at radius 3 is 2.76 bits per heavy atom. The Kier molecular flexibility index (Phi) is 3.54. The van der Waals surface area contributed by atoms with Gasteiger partial charge in [0.05, 0.1) is 11.1 Å². The molecule has 0 N–H and O–H groups in total. The monoisotopic (exact) mass is 335 g/mol. The number of allylic oxidation sites excluding steroid dienone is 2. The van der Waals surface area contributed by atoms with Gasteiger partial charge < -0.3 is 4.42 Å². The standard InChI is InChI=1S/C22H25NO2/c1-5-22(16-8-6-7-14(2)9-16)19-15(10-17-20(22)25-13-23-17)11-21(3,4)12-18(19)24/h6-9,13H,5,10-12H2,1-4H3. The van der Waals surface area contributed by atoms with Crippen LogP contribution in [-0.2, 0) is 16.6 Å². The molecule has 2 aliphatic rings. The van der Waals surface area contributed by atoms with E-state index in [1.165, 1.54) is 11.1 Å². The minimum Gasteiger partial charge on any atom is -0.447 e. The Labute approximate surface area is 149 Å². The Hall–Kier alpha value is -2.16. The SMILES string of the molecule is CCC1(c2cccc(C)c2)C2=C(Cc3ncoc31)CC(C)(C)CC2=O. The van der Waals surface area contributed by atoms with Gasteiger partial charge in [0.15, 0.2) is 12.2 Å². The summed E-state index contributed by atoms with van der Waals surface area (Å²) in [6, 6.07) is 8.49. The molecule has 1 aromatic carbocycles. The summed E-state index contributed by atoms with van der Waals surface area (Å²) in [5, 5.41) is 0. The van der Waals surface area contributed by atoms with Gasteiger partial charge in [0.2, 0.25) is 0 Å². The molecule has 3 nitrogen and oxygen atoms in total. The van der Waals surface area contributed by atoms with E-state index in [1.54, 1.807) is 6.39 Å². The lowest BCUT2D eigenvalue weighted by atomic mass is 9.58. The van der Waals surface area contributed by atoms with Crippen molar-refractivity contribution in [1.82, 2.24) is 4.98 Å². The van der Waals surface area contributed by atoms with E-state index in [-0.39, 0.29) is 11.2 Å². The van der Waals surface area contributed by atoms with E-state index >= 15 is 0 Å². The molecule has 0 fully saturated rings. The van der Waals surface area contributed by atoms with Crippen LogP contribution < -0.4 is 0 Å². The first-order valence-electron chi connectivity index (χ1n) is 9.13. The number of Topliss-reactive ketones (excluding diaryl/α,β-unsaturated/α-hetero) is 1. The Morgan fingerprint density at radius 2 is 2.04 bits per heavy atom. The van der Waals surface area contributed by atoms with Crippen LogP contribution in [0, 0.1) is 12.3 Å². The van der Waals surface area contributed by atoms with E-state index in [0.717, 1.165) is 41.9 Å². The van der Waals surface area contributed by atoms with E-state index in [1.807, 2.05) is 0 Å². The summed E-state index contributed by atoms with van der Waals surface area (Å²) in [5.74, 6) is 1.14. The zero-order chi connectivity index (χ0) is 17.8. The molecule has 1 aromatic heterocycles. The lowest BCUT2D eigenvalue weighted by Gasteiger charge is -2.43. The molecule has 25 heavy (non-hydrogen) atoms. The average molecular weight is 335 g/mol. The third-order valence-electron chi connectivity index (χ3n) is 5.84. The van der Waals surface area contributed by atoms with Gasteiger partial charge in [-0.25, -0.2) is 4.98 Å². The number of aromatic nitrogens is 1. The van der Waals surface area contributed by atoms with E-state index in [9.17, 15) is 4.79 Å². The predicted molar refractivity (Wildman–Crippen MR) is 97.5 cm³/mol. The maximum atomic E-state index is 13.3. The topological polar surface area (TPSA) is 43.1 Å². The van der Waals surface area contributed by atoms with Gasteiger partial charge in [0, 0.05) is 18.4 Å². The zero-order valence-electron chi connectivity index (χ0n) is 15.5. The lowest BCUT2D eigenvalue weighted by molar-refractivity contribution is -0.118. The second-order valence-corrected chi connectivity index (χ2v) is 8.35. The zero-order valence-corrected chi connectivity index (χ0v) is 15.5. The van der Waals surface area contributed by atoms with Crippen molar-refractivity contribution in [2.45, 2.75) is 58.8 Å². The number of carbonyl (C=O) groups is 1. The van der Waals surface area contributed by atoms with Gasteiger partial charge in [-0.15, -0.1) is 0 Å². The number of carbonyl (C=O) groups excluding carboxylic acids is 1. The van der Waals surface area contributed by atoms with Crippen LogP contribution in [0.5, 0.6) is 0 Å². The van der Waals surface area contributed by atoms with E-state index in [2.05, 4.69) is 56.9 Å². The number of aryl methyl sites for hydroxylation is 1. The van der Waals surface area contributed by atoms with Crippen LogP contribution in [0.15, 0.2) is 46.2 Å². The molecule has 0 radical (unpaired) electrons.